The molecule has 1 aliphatic rings. The van der Waals surface area contributed by atoms with E-state index in [4.69, 9.17) is 0 Å². The molecule has 0 bridgehead atoms. The van der Waals surface area contributed by atoms with E-state index in [1.165, 1.54) is 6.08 Å². The summed E-state index contributed by atoms with van der Waals surface area (Å²) in [5.74, 6) is -20.1. The molecule has 1 rings (SSSR count). The molecule has 3 unspecified atom stereocenters. The lowest BCUT2D eigenvalue weighted by atomic mass is 9.72. The van der Waals surface area contributed by atoms with E-state index in [0.717, 1.165) is 0 Å². The van der Waals surface area contributed by atoms with Gasteiger partial charge in [-0.05, 0) is 19.3 Å². The fraction of sp³-hybridized carbons (Fsp3) is 0.867. The van der Waals surface area contributed by atoms with Crippen molar-refractivity contribution in [1.82, 2.24) is 0 Å². The van der Waals surface area contributed by atoms with Crippen molar-refractivity contribution >= 4 is 10.2 Å². The number of hydrogen-bond donors (Lipinski definition) is 0. The lowest BCUT2D eigenvalue weighted by Crippen LogP contribution is -2.70. The Labute approximate surface area is 182 Å². The van der Waals surface area contributed by atoms with E-state index in [0.29, 0.717) is 0 Å². The minimum Gasteiger partial charge on any atom is -0.272 e. The molecule has 0 aromatic rings. The molecule has 34 heavy (non-hydrogen) atoms. The molecule has 0 radical (unpaired) electrons. The summed E-state index contributed by atoms with van der Waals surface area (Å²) in [6.07, 6.45) is -23.4. The summed E-state index contributed by atoms with van der Waals surface area (Å²) >= 11 is 0. The van der Waals surface area contributed by atoms with Gasteiger partial charge >= 0.3 is 45.6 Å². The van der Waals surface area contributed by atoms with Crippen LogP contribution in [0.4, 0.5) is 61.0 Å². The van der Waals surface area contributed by atoms with Crippen LogP contribution in [0.25, 0.3) is 0 Å². The SMILES string of the molecule is C=CCCCCC1CC(F)(F)C1(F)OC(F)(F)C(F)(OC(F)(F)C(F)(F)S(=O)(=O)F)C(F)(F)F. The predicted octanol–water partition coefficient (Wildman–Crippen LogP) is 6.39. The molecule has 1 fully saturated rings. The Morgan fingerprint density at radius 1 is 0.912 bits per heavy atom. The van der Waals surface area contributed by atoms with Crippen molar-refractivity contribution in [1.29, 1.82) is 0 Å². The van der Waals surface area contributed by atoms with E-state index in [2.05, 4.69) is 11.3 Å². The summed E-state index contributed by atoms with van der Waals surface area (Å²) < 4.78 is 212. The van der Waals surface area contributed by atoms with Gasteiger partial charge in [0.1, 0.15) is 0 Å². The molecule has 0 amide bonds. The smallest absolute Gasteiger partial charge is 0.272 e. The maximum Gasteiger partial charge on any atom is 0.464 e. The van der Waals surface area contributed by atoms with E-state index in [1.807, 2.05) is 0 Å². The second-order valence-electron chi connectivity index (χ2n) is 7.11. The van der Waals surface area contributed by atoms with Crippen LogP contribution in [0.15, 0.2) is 12.7 Å². The van der Waals surface area contributed by atoms with Gasteiger partial charge in [-0.2, -0.15) is 52.3 Å². The number of allylic oxidation sites excluding steroid dienone is 1. The zero-order valence-electron chi connectivity index (χ0n) is 16.2. The zero-order valence-corrected chi connectivity index (χ0v) is 17.0. The molecule has 3 atom stereocenters. The standard InChI is InChI=1S/C15H14F14O4S/c1-2-3-4-5-6-8-7-9(16,17)10(8,18)32-13(23,24)11(19,12(20,21)22)33-14(25,26)15(27,28)34(29,30)31/h2,8H,1,3-7H2. The largest absolute Gasteiger partial charge is 0.464 e. The highest BCUT2D eigenvalue weighted by molar-refractivity contribution is 7.87. The summed E-state index contributed by atoms with van der Waals surface area (Å²) in [6, 6.07) is 0. The minimum absolute atomic E-state index is 0.0930. The van der Waals surface area contributed by atoms with Crippen LogP contribution < -0.4 is 0 Å². The van der Waals surface area contributed by atoms with E-state index in [1.54, 1.807) is 4.74 Å². The third kappa shape index (κ3) is 5.10. The predicted molar refractivity (Wildman–Crippen MR) is 82.5 cm³/mol. The maximum absolute atomic E-state index is 14.6. The molecule has 0 aromatic carbocycles. The highest BCUT2D eigenvalue weighted by atomic mass is 32.3. The van der Waals surface area contributed by atoms with Gasteiger partial charge in [0.2, 0.25) is 0 Å². The van der Waals surface area contributed by atoms with Gasteiger partial charge in [0.15, 0.2) is 0 Å². The minimum atomic E-state index is -7.92. The summed E-state index contributed by atoms with van der Waals surface area (Å²) in [4.78, 5) is 0. The Hall–Kier alpha value is -1.37. The molecule has 1 saturated carbocycles. The number of unbranched alkanes of at least 4 members (excludes halogenated alkanes) is 2. The Bertz CT molecular complexity index is 858. The summed E-state index contributed by atoms with van der Waals surface area (Å²) in [7, 11) is -7.92. The van der Waals surface area contributed by atoms with Gasteiger partial charge in [-0.3, -0.25) is 9.47 Å². The Kier molecular flexibility index (Phi) is 8.06. The lowest BCUT2D eigenvalue weighted by molar-refractivity contribution is -0.547. The van der Waals surface area contributed by atoms with Gasteiger partial charge in [0.25, 0.3) is 5.85 Å². The van der Waals surface area contributed by atoms with Gasteiger partial charge in [0, 0.05) is 12.3 Å². The van der Waals surface area contributed by atoms with Crippen LogP contribution >= 0.6 is 0 Å². The first kappa shape index (κ1) is 30.7. The van der Waals surface area contributed by atoms with Crippen molar-refractivity contribution in [2.75, 3.05) is 0 Å². The van der Waals surface area contributed by atoms with Gasteiger partial charge in [0.05, 0.1) is 0 Å². The van der Waals surface area contributed by atoms with Crippen LogP contribution in [-0.2, 0) is 19.7 Å². The quantitative estimate of drug-likeness (QED) is 0.121. The number of hydrogen-bond acceptors (Lipinski definition) is 4. The summed E-state index contributed by atoms with van der Waals surface area (Å²) in [5, 5.41) is -7.39. The number of halogens is 14. The zero-order chi connectivity index (χ0) is 27.2. The van der Waals surface area contributed by atoms with Crippen LogP contribution in [0.5, 0.6) is 0 Å². The van der Waals surface area contributed by atoms with Gasteiger partial charge < -0.3 is 0 Å². The molecule has 19 heteroatoms. The molecule has 0 heterocycles. The highest BCUT2D eigenvalue weighted by Crippen LogP contribution is 2.61. The normalized spacial score (nSPS) is 26.0. The van der Waals surface area contributed by atoms with Crippen LogP contribution in [0, 0.1) is 5.92 Å². The second kappa shape index (κ2) is 8.94. The van der Waals surface area contributed by atoms with Crippen molar-refractivity contribution in [2.24, 2.45) is 5.92 Å². The van der Waals surface area contributed by atoms with Gasteiger partial charge in [-0.1, -0.05) is 16.4 Å². The Morgan fingerprint density at radius 2 is 1.41 bits per heavy atom. The number of rotatable bonds is 12. The van der Waals surface area contributed by atoms with Crippen LogP contribution in [-0.4, -0.2) is 49.7 Å². The van der Waals surface area contributed by atoms with Crippen molar-refractivity contribution in [3.8, 4) is 0 Å². The average Bonchev–Trinajstić information content (AvgIpc) is 2.61. The highest BCUT2D eigenvalue weighted by Gasteiger charge is 2.85. The monoisotopic (exact) mass is 556 g/mol. The van der Waals surface area contributed by atoms with E-state index in [-0.39, 0.29) is 19.3 Å². The van der Waals surface area contributed by atoms with Crippen molar-refractivity contribution < 1.29 is 78.9 Å². The lowest BCUT2D eigenvalue weighted by Gasteiger charge is -2.51. The summed E-state index contributed by atoms with van der Waals surface area (Å²) in [6.45, 7) is 3.27. The first-order chi connectivity index (χ1) is 14.8. The molecular formula is C15H14F14O4S. The fourth-order valence-corrected chi connectivity index (χ4v) is 3.11. The number of ether oxygens (including phenoxy) is 2. The van der Waals surface area contributed by atoms with E-state index >= 15 is 0 Å². The van der Waals surface area contributed by atoms with Crippen molar-refractivity contribution in [3.63, 3.8) is 0 Å². The molecule has 0 aliphatic heterocycles. The second-order valence-corrected chi connectivity index (χ2v) is 8.50. The third-order valence-electron chi connectivity index (χ3n) is 4.67. The van der Waals surface area contributed by atoms with E-state index in [9.17, 15) is 69.4 Å². The summed E-state index contributed by atoms with van der Waals surface area (Å²) in [5.41, 5.74) is 0. The molecule has 0 spiro atoms. The Morgan fingerprint density at radius 3 is 1.79 bits per heavy atom. The van der Waals surface area contributed by atoms with Crippen LogP contribution in [0.2, 0.25) is 0 Å². The van der Waals surface area contributed by atoms with Crippen LogP contribution in [0.3, 0.4) is 0 Å². The third-order valence-corrected chi connectivity index (χ3v) is 5.52. The molecule has 0 saturated heterocycles. The topological polar surface area (TPSA) is 52.6 Å². The van der Waals surface area contributed by atoms with E-state index < -0.39 is 70.3 Å². The molecule has 0 aromatic heterocycles. The molecule has 0 N–H and O–H groups in total. The fourth-order valence-electron chi connectivity index (χ4n) is 2.78. The maximum atomic E-state index is 14.6. The molecule has 202 valence electrons. The van der Waals surface area contributed by atoms with Crippen LogP contribution in [0.1, 0.15) is 32.1 Å². The molecule has 4 nitrogen and oxygen atoms in total. The first-order valence-electron chi connectivity index (χ1n) is 8.74. The first-order valence-corrected chi connectivity index (χ1v) is 10.1. The van der Waals surface area contributed by atoms with Crippen molar-refractivity contribution in [2.45, 2.75) is 73.4 Å². The van der Waals surface area contributed by atoms with Gasteiger partial charge in [-0.25, -0.2) is 13.2 Å². The van der Waals surface area contributed by atoms with Gasteiger partial charge in [-0.15, -0.1) is 6.58 Å². The average molecular weight is 556 g/mol. The molecule has 1 aliphatic carbocycles. The molecular weight excluding hydrogens is 542 g/mol. The number of alkyl halides is 13. The Balaban J connectivity index is 3.40. The van der Waals surface area contributed by atoms with Crippen molar-refractivity contribution in [3.05, 3.63) is 12.7 Å².